The number of nitrogens with zero attached hydrogens (tertiary/aromatic N) is 2. The first kappa shape index (κ1) is 27.5. The van der Waals surface area contributed by atoms with Gasteiger partial charge in [-0.1, -0.05) is 20.8 Å². The van der Waals surface area contributed by atoms with Gasteiger partial charge in [-0.15, -0.1) is 0 Å². The summed E-state index contributed by atoms with van der Waals surface area (Å²) in [5.74, 6) is 2.77. The van der Waals surface area contributed by atoms with Crippen molar-refractivity contribution in [1.82, 2.24) is 4.90 Å². The predicted octanol–water partition coefficient (Wildman–Crippen LogP) is 4.63. The van der Waals surface area contributed by atoms with Gasteiger partial charge in [0.1, 0.15) is 6.04 Å². The number of hydrogen-bond acceptors (Lipinski definition) is 5. The van der Waals surface area contributed by atoms with Crippen LogP contribution in [0.3, 0.4) is 0 Å². The summed E-state index contributed by atoms with van der Waals surface area (Å²) in [6.45, 7) is 13.2. The molecule has 5 unspecified atom stereocenters. The third-order valence-corrected chi connectivity index (χ3v) is 13.2. The fraction of sp³-hybridized carbons (Fsp3) is 0.969. The quantitative estimate of drug-likeness (QED) is 0.414. The first-order valence-electron chi connectivity index (χ1n) is 16.2. The SMILES string of the molecule is CCCC(=O)OC1C([N+]2(C)CCCC2)C[C@H]2[C@@H]3CCC4CC(O)C(N5CCOCC5)C[C@]4(C)[C@@H]3CC[C@]12C. The number of quaternary nitrogens is 1. The minimum absolute atomic E-state index is 0.0302. The van der Waals surface area contributed by atoms with Gasteiger partial charge in [0, 0.05) is 50.2 Å². The van der Waals surface area contributed by atoms with Crippen LogP contribution in [0.15, 0.2) is 0 Å². The van der Waals surface area contributed by atoms with Crippen LogP contribution in [-0.2, 0) is 14.3 Å². The highest BCUT2D eigenvalue weighted by Crippen LogP contribution is 2.67. The van der Waals surface area contributed by atoms with Crippen LogP contribution in [0.1, 0.15) is 91.4 Å². The van der Waals surface area contributed by atoms with E-state index in [1.807, 2.05) is 0 Å². The maximum atomic E-state index is 13.0. The molecule has 0 spiro atoms. The lowest BCUT2D eigenvalue weighted by Gasteiger charge is -2.62. The molecule has 4 aliphatic carbocycles. The Kier molecular flexibility index (Phi) is 7.45. The topological polar surface area (TPSA) is 59.0 Å². The lowest BCUT2D eigenvalue weighted by Crippen LogP contribution is -2.61. The Bertz CT molecular complexity index is 870. The number of carbonyl (C=O) groups excluding carboxylic acids is 1. The monoisotopic (exact) mass is 531 g/mol. The van der Waals surface area contributed by atoms with E-state index in [1.54, 1.807) is 0 Å². The number of aliphatic hydroxyl groups excluding tert-OH is 1. The van der Waals surface area contributed by atoms with E-state index in [9.17, 15) is 9.90 Å². The lowest BCUT2D eigenvalue weighted by atomic mass is 9.44. The summed E-state index contributed by atoms with van der Waals surface area (Å²) in [6.07, 6.45) is 12.2. The number of likely N-dealkylation sites (N-methyl/N-ethyl adjacent to an activating group) is 1. The van der Waals surface area contributed by atoms with Gasteiger partial charge in [0.15, 0.2) is 6.10 Å². The van der Waals surface area contributed by atoms with E-state index in [-0.39, 0.29) is 29.6 Å². The third-order valence-electron chi connectivity index (χ3n) is 13.2. The smallest absolute Gasteiger partial charge is 0.306 e. The number of aliphatic hydroxyl groups is 1. The van der Waals surface area contributed by atoms with E-state index in [2.05, 4.69) is 32.7 Å². The minimum Gasteiger partial charge on any atom is -0.455 e. The van der Waals surface area contributed by atoms with Crippen molar-refractivity contribution in [3.63, 3.8) is 0 Å². The molecule has 6 nitrogen and oxygen atoms in total. The average molecular weight is 532 g/mol. The molecule has 0 aromatic rings. The van der Waals surface area contributed by atoms with Gasteiger partial charge >= 0.3 is 5.97 Å². The van der Waals surface area contributed by atoms with Gasteiger partial charge in [-0.05, 0) is 74.0 Å². The van der Waals surface area contributed by atoms with Crippen molar-refractivity contribution in [2.24, 2.45) is 34.5 Å². The Balaban J connectivity index is 1.28. The highest BCUT2D eigenvalue weighted by molar-refractivity contribution is 5.69. The predicted molar refractivity (Wildman–Crippen MR) is 148 cm³/mol. The largest absolute Gasteiger partial charge is 0.455 e. The fourth-order valence-electron chi connectivity index (χ4n) is 11.1. The molecule has 6 rings (SSSR count). The van der Waals surface area contributed by atoms with E-state index < -0.39 is 0 Å². The van der Waals surface area contributed by atoms with Gasteiger partial charge in [-0.3, -0.25) is 9.69 Å². The third kappa shape index (κ3) is 4.39. The molecule has 38 heavy (non-hydrogen) atoms. The summed E-state index contributed by atoms with van der Waals surface area (Å²) in [5.41, 5.74) is 0.394. The second kappa shape index (κ2) is 10.3. The molecule has 0 amide bonds. The van der Waals surface area contributed by atoms with Gasteiger partial charge in [0.05, 0.1) is 39.5 Å². The Labute approximate surface area is 231 Å². The number of fused-ring (bicyclic) bond motifs is 5. The van der Waals surface area contributed by atoms with Gasteiger partial charge < -0.3 is 19.1 Å². The summed E-state index contributed by atoms with van der Waals surface area (Å²) in [4.78, 5) is 15.5. The van der Waals surface area contributed by atoms with Crippen molar-refractivity contribution < 1.29 is 23.9 Å². The van der Waals surface area contributed by atoms with E-state index in [4.69, 9.17) is 9.47 Å². The number of ether oxygens (including phenoxy) is 2. The van der Waals surface area contributed by atoms with Crippen LogP contribution in [-0.4, -0.2) is 91.2 Å². The van der Waals surface area contributed by atoms with Crippen LogP contribution >= 0.6 is 0 Å². The molecular formula is C32H55N2O4+. The van der Waals surface area contributed by atoms with Crippen molar-refractivity contribution >= 4 is 5.97 Å². The van der Waals surface area contributed by atoms with Gasteiger partial charge in [0.2, 0.25) is 0 Å². The maximum Gasteiger partial charge on any atom is 0.306 e. The van der Waals surface area contributed by atoms with E-state index in [0.717, 1.165) is 61.9 Å². The number of hydrogen-bond donors (Lipinski definition) is 1. The summed E-state index contributed by atoms with van der Waals surface area (Å²) < 4.78 is 13.3. The van der Waals surface area contributed by atoms with Crippen LogP contribution in [0, 0.1) is 34.5 Å². The Hall–Kier alpha value is -0.690. The molecule has 6 fully saturated rings. The van der Waals surface area contributed by atoms with Crippen LogP contribution < -0.4 is 0 Å². The first-order valence-corrected chi connectivity index (χ1v) is 16.2. The number of morpholine rings is 1. The second-order valence-electron chi connectivity index (χ2n) is 15.0. The molecule has 0 bridgehead atoms. The molecule has 2 heterocycles. The van der Waals surface area contributed by atoms with E-state index in [0.29, 0.717) is 29.7 Å². The Morgan fingerprint density at radius 1 is 1.05 bits per heavy atom. The molecule has 4 saturated carbocycles. The zero-order chi connectivity index (χ0) is 26.7. The number of likely N-dealkylation sites (tertiary alicyclic amines) is 1. The van der Waals surface area contributed by atoms with E-state index in [1.165, 1.54) is 58.0 Å². The maximum absolute atomic E-state index is 13.0. The molecule has 0 aromatic heterocycles. The highest BCUT2D eigenvalue weighted by Gasteiger charge is 2.67. The van der Waals surface area contributed by atoms with Crippen LogP contribution in [0.4, 0.5) is 0 Å². The summed E-state index contributed by atoms with van der Waals surface area (Å²) in [6, 6.07) is 0.729. The normalized spacial score (nSPS) is 48.7. The van der Waals surface area contributed by atoms with Crippen molar-refractivity contribution in [2.75, 3.05) is 46.4 Å². The molecular weight excluding hydrogens is 476 g/mol. The van der Waals surface area contributed by atoms with Crippen molar-refractivity contribution in [2.45, 2.75) is 116 Å². The molecule has 6 aliphatic rings. The Morgan fingerprint density at radius 2 is 1.79 bits per heavy atom. The standard InChI is InChI=1S/C32H55N2O4/c1-5-8-29(36)38-30-27(34(4)15-6-7-16-34)20-25-23-10-9-22-19-28(35)26(33-13-17-37-18-14-33)21-32(22,3)24(23)11-12-31(25,30)2/h22-28,30,35H,5-21H2,1-4H3/q+1/t22?,23-,24-,25+,26?,27?,28?,30?,31+,32+/m1/s1. The number of rotatable bonds is 5. The number of esters is 1. The molecule has 2 aliphatic heterocycles. The molecule has 10 atom stereocenters. The highest BCUT2D eigenvalue weighted by atomic mass is 16.5. The molecule has 2 saturated heterocycles. The first-order chi connectivity index (χ1) is 18.2. The van der Waals surface area contributed by atoms with Crippen LogP contribution in [0.2, 0.25) is 0 Å². The summed E-state index contributed by atoms with van der Waals surface area (Å²) >= 11 is 0. The van der Waals surface area contributed by atoms with Crippen molar-refractivity contribution in [1.29, 1.82) is 0 Å². The van der Waals surface area contributed by atoms with Crippen LogP contribution in [0.25, 0.3) is 0 Å². The molecule has 0 aromatic carbocycles. The lowest BCUT2D eigenvalue weighted by molar-refractivity contribution is -0.924. The van der Waals surface area contributed by atoms with Crippen molar-refractivity contribution in [3.8, 4) is 0 Å². The van der Waals surface area contributed by atoms with Crippen molar-refractivity contribution in [3.05, 3.63) is 0 Å². The van der Waals surface area contributed by atoms with Crippen LogP contribution in [0.5, 0.6) is 0 Å². The molecule has 1 N–H and O–H groups in total. The zero-order valence-electron chi connectivity index (χ0n) is 24.7. The number of carbonyl (C=O) groups is 1. The summed E-state index contributed by atoms with van der Waals surface area (Å²) in [5, 5.41) is 11.3. The second-order valence-corrected chi connectivity index (χ2v) is 15.0. The van der Waals surface area contributed by atoms with Gasteiger partial charge in [-0.25, -0.2) is 0 Å². The van der Waals surface area contributed by atoms with E-state index >= 15 is 0 Å². The Morgan fingerprint density at radius 3 is 2.50 bits per heavy atom. The summed E-state index contributed by atoms with van der Waals surface area (Å²) in [7, 11) is 2.46. The average Bonchev–Trinajstić information content (AvgIpc) is 3.47. The fourth-order valence-corrected chi connectivity index (χ4v) is 11.1. The van der Waals surface area contributed by atoms with Gasteiger partial charge in [-0.2, -0.15) is 0 Å². The minimum atomic E-state index is -0.200. The zero-order valence-corrected chi connectivity index (χ0v) is 24.7. The molecule has 216 valence electrons. The van der Waals surface area contributed by atoms with Gasteiger partial charge in [0.25, 0.3) is 0 Å². The molecule has 0 radical (unpaired) electrons. The molecule has 6 heteroatoms.